The van der Waals surface area contributed by atoms with Crippen LogP contribution in [0.4, 0.5) is 5.69 Å². The first-order chi connectivity index (χ1) is 9.99. The van der Waals surface area contributed by atoms with Crippen LogP contribution in [0.1, 0.15) is 15.9 Å². The fraction of sp³-hybridized carbons (Fsp3) is 0.143. The van der Waals surface area contributed by atoms with Gasteiger partial charge in [0.05, 0.1) is 15.5 Å². The normalized spacial score (nSPS) is 10.2. The van der Waals surface area contributed by atoms with Crippen molar-refractivity contribution in [2.75, 3.05) is 7.05 Å². The maximum Gasteiger partial charge on any atom is 0.269 e. The highest BCUT2D eigenvalue weighted by Gasteiger charge is 2.16. The van der Waals surface area contributed by atoms with Crippen LogP contribution in [0.15, 0.2) is 42.7 Å². The van der Waals surface area contributed by atoms with Crippen molar-refractivity contribution in [3.63, 3.8) is 0 Å². The number of rotatable bonds is 4. The molecule has 1 heterocycles. The van der Waals surface area contributed by atoms with Gasteiger partial charge >= 0.3 is 0 Å². The molecule has 108 valence electrons. The number of hydrogen-bond acceptors (Lipinski definition) is 4. The summed E-state index contributed by atoms with van der Waals surface area (Å²) in [6.07, 6.45) is 2.89. The quantitative estimate of drug-likeness (QED) is 0.643. The number of carbonyl (C=O) groups excluding carboxylic acids is 1. The van der Waals surface area contributed by atoms with Crippen molar-refractivity contribution in [3.8, 4) is 0 Å². The molecular formula is C14H12ClN3O3. The molecule has 0 aliphatic rings. The number of nitrogens with zero attached hydrogens (tertiary/aromatic N) is 3. The van der Waals surface area contributed by atoms with E-state index in [2.05, 4.69) is 4.98 Å². The van der Waals surface area contributed by atoms with Crippen molar-refractivity contribution in [1.82, 2.24) is 9.88 Å². The van der Waals surface area contributed by atoms with Crippen molar-refractivity contribution in [3.05, 3.63) is 69.0 Å². The molecule has 0 bridgehead atoms. The van der Waals surface area contributed by atoms with E-state index in [0.29, 0.717) is 11.1 Å². The minimum atomic E-state index is -0.467. The van der Waals surface area contributed by atoms with Crippen LogP contribution >= 0.6 is 11.6 Å². The average molecular weight is 306 g/mol. The molecule has 0 aliphatic heterocycles. The Kier molecular flexibility index (Phi) is 4.49. The summed E-state index contributed by atoms with van der Waals surface area (Å²) < 4.78 is 0. The fourth-order valence-electron chi connectivity index (χ4n) is 1.87. The predicted octanol–water partition coefficient (Wildman–Crippen LogP) is 2.92. The predicted molar refractivity (Wildman–Crippen MR) is 78.1 cm³/mol. The van der Waals surface area contributed by atoms with Gasteiger partial charge in [0.15, 0.2) is 0 Å². The van der Waals surface area contributed by atoms with Crippen molar-refractivity contribution in [2.24, 2.45) is 0 Å². The summed E-state index contributed by atoms with van der Waals surface area (Å²) in [6, 6.07) is 7.70. The van der Waals surface area contributed by atoms with Gasteiger partial charge in [0.25, 0.3) is 11.6 Å². The topological polar surface area (TPSA) is 76.3 Å². The van der Waals surface area contributed by atoms with E-state index in [4.69, 9.17) is 11.6 Å². The van der Waals surface area contributed by atoms with Crippen LogP contribution < -0.4 is 0 Å². The number of pyridine rings is 1. The molecule has 0 fully saturated rings. The van der Waals surface area contributed by atoms with Crippen LogP contribution in [0, 0.1) is 10.1 Å². The first-order valence-electron chi connectivity index (χ1n) is 6.07. The van der Waals surface area contributed by atoms with E-state index in [-0.39, 0.29) is 23.2 Å². The minimum absolute atomic E-state index is 0.00436. The summed E-state index contributed by atoms with van der Waals surface area (Å²) in [4.78, 5) is 27.8. The van der Waals surface area contributed by atoms with Crippen LogP contribution in [-0.4, -0.2) is 27.8 Å². The van der Waals surface area contributed by atoms with E-state index < -0.39 is 4.92 Å². The smallest absolute Gasteiger partial charge is 0.269 e. The average Bonchev–Trinajstić information content (AvgIpc) is 2.47. The van der Waals surface area contributed by atoms with Crippen LogP contribution in [0.25, 0.3) is 0 Å². The summed E-state index contributed by atoms with van der Waals surface area (Å²) in [7, 11) is 1.61. The Hall–Kier alpha value is -2.47. The molecule has 21 heavy (non-hydrogen) atoms. The van der Waals surface area contributed by atoms with E-state index in [1.165, 1.54) is 35.5 Å². The molecule has 0 unspecified atom stereocenters. The second kappa shape index (κ2) is 6.32. The van der Waals surface area contributed by atoms with Gasteiger partial charge in [-0.25, -0.2) is 0 Å². The fourth-order valence-corrected chi connectivity index (χ4v) is 2.07. The highest BCUT2D eigenvalue weighted by Crippen LogP contribution is 2.18. The Bertz CT molecular complexity index is 691. The molecule has 7 heteroatoms. The van der Waals surface area contributed by atoms with Crippen molar-refractivity contribution in [1.29, 1.82) is 0 Å². The maximum atomic E-state index is 12.3. The molecule has 2 rings (SSSR count). The zero-order valence-corrected chi connectivity index (χ0v) is 11.9. The molecule has 1 aromatic heterocycles. The maximum absolute atomic E-state index is 12.3. The lowest BCUT2D eigenvalue weighted by atomic mass is 10.1. The zero-order valence-electron chi connectivity index (χ0n) is 11.2. The van der Waals surface area contributed by atoms with Crippen molar-refractivity contribution < 1.29 is 9.72 Å². The van der Waals surface area contributed by atoms with E-state index in [9.17, 15) is 14.9 Å². The second-order valence-electron chi connectivity index (χ2n) is 4.44. The summed E-state index contributed by atoms with van der Waals surface area (Å²) >= 11 is 5.93. The zero-order chi connectivity index (χ0) is 15.4. The molecule has 0 N–H and O–H groups in total. The van der Waals surface area contributed by atoms with Crippen LogP contribution in [0.2, 0.25) is 5.02 Å². The molecule has 0 spiro atoms. The Balaban J connectivity index is 2.16. The number of amides is 1. The van der Waals surface area contributed by atoms with Crippen LogP contribution in [-0.2, 0) is 6.54 Å². The summed E-state index contributed by atoms with van der Waals surface area (Å²) in [5, 5.41) is 11.0. The molecular weight excluding hydrogens is 294 g/mol. The summed E-state index contributed by atoms with van der Waals surface area (Å²) in [5.41, 5.74) is 1.01. The van der Waals surface area contributed by atoms with Gasteiger partial charge in [-0.1, -0.05) is 23.7 Å². The van der Waals surface area contributed by atoms with Crippen LogP contribution in [0.5, 0.6) is 0 Å². The SMILES string of the molecule is CN(Cc1cccc([N+](=O)[O-])c1)C(=O)c1ccncc1Cl. The standard InChI is InChI=1S/C14H12ClN3O3/c1-17(14(19)12-5-6-16-8-13(12)15)9-10-3-2-4-11(7-10)18(20)21/h2-8H,9H2,1H3. The third kappa shape index (κ3) is 3.55. The van der Waals surface area contributed by atoms with Gasteiger partial charge in [-0.2, -0.15) is 0 Å². The van der Waals surface area contributed by atoms with E-state index in [1.807, 2.05) is 0 Å². The van der Waals surface area contributed by atoms with E-state index in [0.717, 1.165) is 0 Å². The Morgan fingerprint density at radius 1 is 1.43 bits per heavy atom. The van der Waals surface area contributed by atoms with Gasteiger partial charge in [0, 0.05) is 38.1 Å². The molecule has 0 radical (unpaired) electrons. The van der Waals surface area contributed by atoms with Gasteiger partial charge in [0.1, 0.15) is 0 Å². The molecule has 1 amide bonds. The number of nitro groups is 1. The molecule has 2 aromatic rings. The molecule has 6 nitrogen and oxygen atoms in total. The lowest BCUT2D eigenvalue weighted by molar-refractivity contribution is -0.384. The number of nitro benzene ring substituents is 1. The Labute approximate surface area is 126 Å². The third-order valence-corrected chi connectivity index (χ3v) is 3.19. The molecule has 1 aromatic carbocycles. The van der Waals surface area contributed by atoms with Crippen LogP contribution in [0.3, 0.4) is 0 Å². The summed E-state index contributed by atoms with van der Waals surface area (Å²) in [5.74, 6) is -0.270. The number of non-ortho nitro benzene ring substituents is 1. The highest BCUT2D eigenvalue weighted by atomic mass is 35.5. The monoisotopic (exact) mass is 305 g/mol. The van der Waals surface area contributed by atoms with Gasteiger partial charge in [0.2, 0.25) is 0 Å². The van der Waals surface area contributed by atoms with Gasteiger partial charge < -0.3 is 4.90 Å². The van der Waals surface area contributed by atoms with Gasteiger partial charge in [-0.15, -0.1) is 0 Å². The van der Waals surface area contributed by atoms with Gasteiger partial charge in [-0.3, -0.25) is 19.9 Å². The minimum Gasteiger partial charge on any atom is -0.337 e. The van der Waals surface area contributed by atoms with E-state index in [1.54, 1.807) is 19.2 Å². The number of hydrogen-bond donors (Lipinski definition) is 0. The second-order valence-corrected chi connectivity index (χ2v) is 4.85. The Morgan fingerprint density at radius 2 is 2.19 bits per heavy atom. The van der Waals surface area contributed by atoms with Crippen molar-refractivity contribution in [2.45, 2.75) is 6.54 Å². The first-order valence-corrected chi connectivity index (χ1v) is 6.45. The first kappa shape index (κ1) is 14.9. The number of aromatic nitrogens is 1. The highest BCUT2D eigenvalue weighted by molar-refractivity contribution is 6.33. The third-order valence-electron chi connectivity index (χ3n) is 2.89. The lowest BCUT2D eigenvalue weighted by Crippen LogP contribution is -2.26. The molecule has 0 atom stereocenters. The molecule has 0 saturated heterocycles. The molecule has 0 saturated carbocycles. The number of benzene rings is 1. The lowest BCUT2D eigenvalue weighted by Gasteiger charge is -2.17. The van der Waals surface area contributed by atoms with Crippen molar-refractivity contribution >= 4 is 23.2 Å². The molecule has 0 aliphatic carbocycles. The Morgan fingerprint density at radius 3 is 2.86 bits per heavy atom. The largest absolute Gasteiger partial charge is 0.337 e. The summed E-state index contributed by atoms with van der Waals surface area (Å²) in [6.45, 7) is 0.249. The number of carbonyl (C=O) groups is 1. The van der Waals surface area contributed by atoms with E-state index >= 15 is 0 Å². The number of halogens is 1. The van der Waals surface area contributed by atoms with Gasteiger partial charge in [-0.05, 0) is 11.6 Å².